The molecule has 3 nitrogen and oxygen atoms in total. The molecule has 0 unspecified atom stereocenters. The summed E-state index contributed by atoms with van der Waals surface area (Å²) >= 11 is 0. The Kier molecular flexibility index (Phi) is 5.25. The fourth-order valence-corrected chi connectivity index (χ4v) is 1.47. The summed E-state index contributed by atoms with van der Waals surface area (Å²) < 4.78 is 0. The molecule has 1 N–H and O–H groups in total. The molecular formula is C8H17ClN2O. The number of nitrogens with one attached hydrogen (secondary N) is 1. The molecule has 12 heavy (non-hydrogen) atoms. The predicted octanol–water partition coefficient (Wildman–Crippen LogP) is 0.496. The number of carbonyl (C=O) groups excluding carboxylic acids is 1. The van der Waals surface area contributed by atoms with E-state index < -0.39 is 0 Å². The summed E-state index contributed by atoms with van der Waals surface area (Å²) in [5.41, 5.74) is 0. The van der Waals surface area contributed by atoms with Gasteiger partial charge < -0.3 is 10.2 Å². The molecule has 1 rings (SSSR count). The van der Waals surface area contributed by atoms with Crippen LogP contribution in [0.2, 0.25) is 0 Å². The first kappa shape index (κ1) is 11.7. The fourth-order valence-electron chi connectivity index (χ4n) is 1.47. The van der Waals surface area contributed by atoms with Gasteiger partial charge in [-0.3, -0.25) is 4.79 Å². The minimum absolute atomic E-state index is 0. The van der Waals surface area contributed by atoms with E-state index in [-0.39, 0.29) is 24.2 Å². The zero-order valence-corrected chi connectivity index (χ0v) is 8.49. The topological polar surface area (TPSA) is 32.3 Å². The number of nitrogens with zero attached hydrogens (tertiary/aromatic N) is 1. The molecule has 0 radical (unpaired) electrons. The molecule has 0 aromatic heterocycles. The fraction of sp³-hybridized carbons (Fsp3) is 0.875. The van der Waals surface area contributed by atoms with E-state index in [4.69, 9.17) is 0 Å². The van der Waals surface area contributed by atoms with Gasteiger partial charge in [0.1, 0.15) is 0 Å². The second-order valence-corrected chi connectivity index (χ2v) is 3.19. The van der Waals surface area contributed by atoms with Gasteiger partial charge in [0.25, 0.3) is 0 Å². The maximum absolute atomic E-state index is 11.1. The molecule has 0 aromatic carbocycles. The third-order valence-corrected chi connectivity index (χ3v) is 2.34. The Morgan fingerprint density at radius 3 is 2.33 bits per heavy atom. The molecule has 0 bridgehead atoms. The minimum Gasteiger partial charge on any atom is -0.359 e. The van der Waals surface area contributed by atoms with Crippen molar-refractivity contribution in [2.75, 3.05) is 27.2 Å². The molecule has 1 amide bonds. The number of carbonyl (C=O) groups is 1. The predicted molar refractivity (Wildman–Crippen MR) is 51.5 cm³/mol. The number of hydrogen-bond acceptors (Lipinski definition) is 2. The highest BCUT2D eigenvalue weighted by atomic mass is 35.5. The molecule has 1 fully saturated rings. The van der Waals surface area contributed by atoms with Crippen molar-refractivity contribution in [3.05, 3.63) is 0 Å². The average molecular weight is 193 g/mol. The van der Waals surface area contributed by atoms with Crippen molar-refractivity contribution in [2.45, 2.75) is 12.8 Å². The normalized spacial score (nSPS) is 19.8. The minimum atomic E-state index is 0. The van der Waals surface area contributed by atoms with Gasteiger partial charge >= 0.3 is 0 Å². The highest BCUT2D eigenvalue weighted by molar-refractivity contribution is 5.85. The molecule has 1 aliphatic rings. The average Bonchev–Trinajstić information content (AvgIpc) is 2.05. The number of amides is 1. The number of hydrogen-bond donors (Lipinski definition) is 1. The summed E-state index contributed by atoms with van der Waals surface area (Å²) in [5.74, 6) is 0.467. The van der Waals surface area contributed by atoms with E-state index >= 15 is 0 Å². The highest BCUT2D eigenvalue weighted by Gasteiger charge is 2.21. The Morgan fingerprint density at radius 1 is 1.42 bits per heavy atom. The van der Waals surface area contributed by atoms with Crippen LogP contribution in [0, 0.1) is 5.92 Å². The lowest BCUT2D eigenvalue weighted by Crippen LogP contribution is -2.37. The number of likely N-dealkylation sites (tertiary alicyclic amines) is 1. The first-order valence-electron chi connectivity index (χ1n) is 4.14. The first-order valence-corrected chi connectivity index (χ1v) is 4.14. The lowest BCUT2D eigenvalue weighted by atomic mass is 9.96. The number of rotatable bonds is 1. The third kappa shape index (κ3) is 2.99. The van der Waals surface area contributed by atoms with Crippen molar-refractivity contribution in [1.29, 1.82) is 0 Å². The Hall–Kier alpha value is -0.280. The zero-order chi connectivity index (χ0) is 8.27. The van der Waals surface area contributed by atoms with Gasteiger partial charge in [0.15, 0.2) is 0 Å². The SMILES string of the molecule is CNC(=O)C1CCN(C)CC1.Cl. The van der Waals surface area contributed by atoms with Crippen LogP contribution in [-0.2, 0) is 4.79 Å². The lowest BCUT2D eigenvalue weighted by molar-refractivity contribution is -0.125. The van der Waals surface area contributed by atoms with Crippen molar-refractivity contribution in [2.24, 2.45) is 5.92 Å². The molecular weight excluding hydrogens is 176 g/mol. The van der Waals surface area contributed by atoms with Crippen molar-refractivity contribution in [3.8, 4) is 0 Å². The van der Waals surface area contributed by atoms with Crippen LogP contribution in [0.1, 0.15) is 12.8 Å². The number of halogens is 1. The van der Waals surface area contributed by atoms with Gasteiger partial charge in [-0.25, -0.2) is 0 Å². The molecule has 0 saturated carbocycles. The van der Waals surface area contributed by atoms with Crippen LogP contribution in [-0.4, -0.2) is 38.0 Å². The van der Waals surface area contributed by atoms with Gasteiger partial charge in [-0.05, 0) is 33.0 Å². The van der Waals surface area contributed by atoms with Crippen molar-refractivity contribution in [1.82, 2.24) is 10.2 Å². The quantitative estimate of drug-likeness (QED) is 0.656. The van der Waals surface area contributed by atoms with Crippen LogP contribution >= 0.6 is 12.4 Å². The summed E-state index contributed by atoms with van der Waals surface area (Å²) in [5, 5.41) is 2.69. The second kappa shape index (κ2) is 5.38. The van der Waals surface area contributed by atoms with Crippen LogP contribution in [0.15, 0.2) is 0 Å². The van der Waals surface area contributed by atoms with Crippen LogP contribution in [0.4, 0.5) is 0 Å². The third-order valence-electron chi connectivity index (χ3n) is 2.34. The summed E-state index contributed by atoms with van der Waals surface area (Å²) in [4.78, 5) is 13.4. The van der Waals surface area contributed by atoms with Crippen molar-refractivity contribution < 1.29 is 4.79 Å². The van der Waals surface area contributed by atoms with E-state index in [1.807, 2.05) is 0 Å². The molecule has 4 heteroatoms. The van der Waals surface area contributed by atoms with Gasteiger partial charge in [-0.1, -0.05) is 0 Å². The van der Waals surface area contributed by atoms with E-state index in [9.17, 15) is 4.79 Å². The van der Waals surface area contributed by atoms with E-state index in [2.05, 4.69) is 17.3 Å². The molecule has 1 heterocycles. The summed E-state index contributed by atoms with van der Waals surface area (Å²) in [6.45, 7) is 2.11. The summed E-state index contributed by atoms with van der Waals surface area (Å²) in [6, 6.07) is 0. The maximum Gasteiger partial charge on any atom is 0.222 e. The Morgan fingerprint density at radius 2 is 1.92 bits per heavy atom. The monoisotopic (exact) mass is 192 g/mol. The molecule has 0 aliphatic carbocycles. The van der Waals surface area contributed by atoms with Crippen LogP contribution < -0.4 is 5.32 Å². The van der Waals surface area contributed by atoms with Crippen molar-refractivity contribution >= 4 is 18.3 Å². The van der Waals surface area contributed by atoms with Crippen LogP contribution in [0.3, 0.4) is 0 Å². The molecule has 0 aromatic rings. The van der Waals surface area contributed by atoms with Crippen molar-refractivity contribution in [3.63, 3.8) is 0 Å². The molecule has 0 atom stereocenters. The van der Waals surface area contributed by atoms with E-state index in [0.29, 0.717) is 0 Å². The Balaban J connectivity index is 0.00000121. The van der Waals surface area contributed by atoms with Gasteiger partial charge in [-0.2, -0.15) is 0 Å². The largest absolute Gasteiger partial charge is 0.359 e. The van der Waals surface area contributed by atoms with Gasteiger partial charge in [0.05, 0.1) is 0 Å². The van der Waals surface area contributed by atoms with E-state index in [0.717, 1.165) is 25.9 Å². The molecule has 72 valence electrons. The summed E-state index contributed by atoms with van der Waals surface area (Å²) in [6.07, 6.45) is 2.02. The standard InChI is InChI=1S/C8H16N2O.ClH/c1-9-8(11)7-3-5-10(2)6-4-7;/h7H,3-6H2,1-2H3,(H,9,11);1H. The lowest BCUT2D eigenvalue weighted by Gasteiger charge is -2.27. The van der Waals surface area contributed by atoms with E-state index in [1.165, 1.54) is 0 Å². The number of piperidine rings is 1. The van der Waals surface area contributed by atoms with E-state index in [1.54, 1.807) is 7.05 Å². The zero-order valence-electron chi connectivity index (χ0n) is 7.67. The molecule has 0 spiro atoms. The molecule has 1 aliphatic heterocycles. The maximum atomic E-state index is 11.1. The van der Waals surface area contributed by atoms with Gasteiger partial charge in [0, 0.05) is 13.0 Å². The van der Waals surface area contributed by atoms with Gasteiger partial charge in [0.2, 0.25) is 5.91 Å². The second-order valence-electron chi connectivity index (χ2n) is 3.19. The van der Waals surface area contributed by atoms with Crippen LogP contribution in [0.5, 0.6) is 0 Å². The first-order chi connectivity index (χ1) is 5.24. The smallest absolute Gasteiger partial charge is 0.222 e. The highest BCUT2D eigenvalue weighted by Crippen LogP contribution is 2.15. The van der Waals surface area contributed by atoms with Gasteiger partial charge in [-0.15, -0.1) is 12.4 Å². The Bertz CT molecular complexity index is 144. The molecule has 1 saturated heterocycles. The Labute approximate surface area is 79.9 Å². The summed E-state index contributed by atoms with van der Waals surface area (Å²) in [7, 11) is 3.81. The van der Waals surface area contributed by atoms with Crippen LogP contribution in [0.25, 0.3) is 0 Å².